The molecular formula is C11H9N3O3. The van der Waals surface area contributed by atoms with Crippen molar-refractivity contribution in [2.75, 3.05) is 0 Å². The van der Waals surface area contributed by atoms with E-state index >= 15 is 0 Å². The van der Waals surface area contributed by atoms with Gasteiger partial charge < -0.3 is 5.11 Å². The molecule has 1 N–H and O–H groups in total. The van der Waals surface area contributed by atoms with Crippen LogP contribution >= 0.6 is 0 Å². The van der Waals surface area contributed by atoms with Crippen LogP contribution in [0.3, 0.4) is 0 Å². The molecule has 17 heavy (non-hydrogen) atoms. The first-order chi connectivity index (χ1) is 8.09. The van der Waals surface area contributed by atoms with Crippen molar-refractivity contribution in [2.45, 2.75) is 6.92 Å². The molecule has 6 heteroatoms. The standard InChI is InChI=1S/C11H9N3O3/c1-7-4-2-3-5-8(7)14-6-12-10(15)9(13-14)11(16)17/h2-6H,1H3,(H,16,17). The summed E-state index contributed by atoms with van der Waals surface area (Å²) in [5.41, 5.74) is 0.155. The zero-order chi connectivity index (χ0) is 12.4. The highest BCUT2D eigenvalue weighted by atomic mass is 16.4. The SMILES string of the molecule is Cc1ccccc1-n1cnc(=O)c(C(=O)O)n1. The predicted molar refractivity (Wildman–Crippen MR) is 59.3 cm³/mol. The van der Waals surface area contributed by atoms with E-state index in [1.54, 1.807) is 12.1 Å². The van der Waals surface area contributed by atoms with Crippen molar-refractivity contribution in [1.82, 2.24) is 14.8 Å². The number of hydrogen-bond donors (Lipinski definition) is 1. The second kappa shape index (κ2) is 4.17. The summed E-state index contributed by atoms with van der Waals surface area (Å²) >= 11 is 0. The summed E-state index contributed by atoms with van der Waals surface area (Å²) in [4.78, 5) is 25.4. The number of carboxylic acid groups (broad SMARTS) is 1. The van der Waals surface area contributed by atoms with Gasteiger partial charge in [-0.25, -0.2) is 9.48 Å². The van der Waals surface area contributed by atoms with Gasteiger partial charge in [0.1, 0.15) is 6.33 Å². The third-order valence-corrected chi connectivity index (χ3v) is 2.26. The first-order valence-electron chi connectivity index (χ1n) is 4.85. The molecule has 0 spiro atoms. The van der Waals surface area contributed by atoms with Crippen LogP contribution in [0.15, 0.2) is 35.4 Å². The fourth-order valence-electron chi connectivity index (χ4n) is 1.42. The van der Waals surface area contributed by atoms with E-state index in [4.69, 9.17) is 5.11 Å². The van der Waals surface area contributed by atoms with Crippen LogP contribution in [0.4, 0.5) is 0 Å². The molecule has 0 atom stereocenters. The van der Waals surface area contributed by atoms with Gasteiger partial charge >= 0.3 is 11.5 Å². The summed E-state index contributed by atoms with van der Waals surface area (Å²) < 4.78 is 1.28. The van der Waals surface area contributed by atoms with E-state index < -0.39 is 17.2 Å². The van der Waals surface area contributed by atoms with Gasteiger partial charge in [0.05, 0.1) is 5.69 Å². The van der Waals surface area contributed by atoms with Gasteiger partial charge in [-0.2, -0.15) is 10.1 Å². The van der Waals surface area contributed by atoms with Crippen LogP contribution in [0.5, 0.6) is 0 Å². The van der Waals surface area contributed by atoms with Crippen LogP contribution in [0.1, 0.15) is 16.1 Å². The Labute approximate surface area is 96.2 Å². The normalized spacial score (nSPS) is 10.2. The minimum absolute atomic E-state index is 0.587. The smallest absolute Gasteiger partial charge is 0.362 e. The molecule has 1 heterocycles. The number of carboxylic acids is 1. The third kappa shape index (κ3) is 2.05. The lowest BCUT2D eigenvalue weighted by Gasteiger charge is -2.07. The van der Waals surface area contributed by atoms with E-state index in [1.807, 2.05) is 19.1 Å². The molecule has 1 aromatic heterocycles. The highest BCUT2D eigenvalue weighted by Gasteiger charge is 2.12. The Bertz CT molecular complexity index is 634. The molecule has 1 aromatic carbocycles. The average Bonchev–Trinajstić information content (AvgIpc) is 2.30. The highest BCUT2D eigenvalue weighted by molar-refractivity contribution is 5.84. The first kappa shape index (κ1) is 11.0. The summed E-state index contributed by atoms with van der Waals surface area (Å²) in [7, 11) is 0. The Morgan fingerprint density at radius 3 is 2.71 bits per heavy atom. The summed E-state index contributed by atoms with van der Waals surface area (Å²) in [6, 6.07) is 7.27. The van der Waals surface area contributed by atoms with Crippen molar-refractivity contribution in [3.63, 3.8) is 0 Å². The van der Waals surface area contributed by atoms with Gasteiger partial charge in [0.25, 0.3) is 0 Å². The van der Waals surface area contributed by atoms with Crippen molar-refractivity contribution in [1.29, 1.82) is 0 Å². The molecule has 0 bridgehead atoms. The molecule has 0 unspecified atom stereocenters. The molecule has 0 aliphatic rings. The van der Waals surface area contributed by atoms with Crippen LogP contribution in [0, 0.1) is 6.92 Å². The van der Waals surface area contributed by atoms with E-state index in [-0.39, 0.29) is 0 Å². The second-order valence-electron chi connectivity index (χ2n) is 3.43. The minimum Gasteiger partial charge on any atom is -0.476 e. The number of aromatic carboxylic acids is 1. The minimum atomic E-state index is -1.38. The zero-order valence-corrected chi connectivity index (χ0v) is 8.99. The van der Waals surface area contributed by atoms with Crippen molar-refractivity contribution in [2.24, 2.45) is 0 Å². The fourth-order valence-corrected chi connectivity index (χ4v) is 1.42. The monoisotopic (exact) mass is 231 g/mol. The number of benzene rings is 1. The third-order valence-electron chi connectivity index (χ3n) is 2.26. The summed E-state index contributed by atoms with van der Waals surface area (Å²) in [5.74, 6) is -1.38. The maximum Gasteiger partial charge on any atom is 0.362 e. The Hall–Kier alpha value is -2.50. The van der Waals surface area contributed by atoms with Crippen molar-refractivity contribution in [3.8, 4) is 5.69 Å². The Morgan fingerprint density at radius 2 is 2.06 bits per heavy atom. The second-order valence-corrected chi connectivity index (χ2v) is 3.43. The van der Waals surface area contributed by atoms with Crippen LogP contribution < -0.4 is 5.56 Å². The topological polar surface area (TPSA) is 85.1 Å². The van der Waals surface area contributed by atoms with E-state index in [0.717, 1.165) is 5.56 Å². The van der Waals surface area contributed by atoms with Crippen molar-refractivity contribution < 1.29 is 9.90 Å². The molecule has 0 saturated heterocycles. The molecule has 0 aliphatic carbocycles. The quantitative estimate of drug-likeness (QED) is 0.819. The molecule has 2 rings (SSSR count). The van der Waals surface area contributed by atoms with Crippen LogP contribution in [0.2, 0.25) is 0 Å². The fraction of sp³-hybridized carbons (Fsp3) is 0.0909. The summed E-state index contributed by atoms with van der Waals surface area (Å²) in [6.07, 6.45) is 1.21. The molecule has 0 amide bonds. The highest BCUT2D eigenvalue weighted by Crippen LogP contribution is 2.10. The number of rotatable bonds is 2. The van der Waals surface area contributed by atoms with Crippen molar-refractivity contribution >= 4 is 5.97 Å². The predicted octanol–water partition coefficient (Wildman–Crippen LogP) is 0.634. The average molecular weight is 231 g/mol. The Morgan fingerprint density at radius 1 is 1.35 bits per heavy atom. The molecule has 2 aromatic rings. The lowest BCUT2D eigenvalue weighted by molar-refractivity contribution is 0.0686. The van der Waals surface area contributed by atoms with Gasteiger partial charge in [0.15, 0.2) is 0 Å². The van der Waals surface area contributed by atoms with Gasteiger partial charge in [-0.3, -0.25) is 4.79 Å². The van der Waals surface area contributed by atoms with E-state index in [1.165, 1.54) is 11.0 Å². The van der Waals surface area contributed by atoms with Crippen LogP contribution in [-0.4, -0.2) is 25.8 Å². The number of nitrogens with zero attached hydrogens (tertiary/aromatic N) is 3. The molecule has 0 saturated carbocycles. The van der Waals surface area contributed by atoms with Crippen molar-refractivity contribution in [3.05, 3.63) is 52.2 Å². The van der Waals surface area contributed by atoms with Gasteiger partial charge in [0, 0.05) is 0 Å². The zero-order valence-electron chi connectivity index (χ0n) is 8.99. The first-order valence-corrected chi connectivity index (χ1v) is 4.85. The largest absolute Gasteiger partial charge is 0.476 e. The lowest BCUT2D eigenvalue weighted by atomic mass is 10.2. The molecule has 0 aliphatic heterocycles. The molecule has 0 fully saturated rings. The Kier molecular flexibility index (Phi) is 2.70. The maximum atomic E-state index is 11.2. The molecule has 6 nitrogen and oxygen atoms in total. The Balaban J connectivity index is 2.62. The van der Waals surface area contributed by atoms with Gasteiger partial charge in [0.2, 0.25) is 5.69 Å². The maximum absolute atomic E-state index is 11.2. The number of aromatic nitrogens is 3. The lowest BCUT2D eigenvalue weighted by Crippen LogP contribution is -2.23. The summed E-state index contributed by atoms with van der Waals surface area (Å²) in [6.45, 7) is 1.86. The van der Waals surface area contributed by atoms with E-state index in [2.05, 4.69) is 10.1 Å². The van der Waals surface area contributed by atoms with Gasteiger partial charge in [-0.05, 0) is 18.6 Å². The molecule has 86 valence electrons. The van der Waals surface area contributed by atoms with Crippen LogP contribution in [0.25, 0.3) is 5.69 Å². The number of para-hydroxylation sites is 1. The van der Waals surface area contributed by atoms with Gasteiger partial charge in [-0.1, -0.05) is 18.2 Å². The van der Waals surface area contributed by atoms with E-state index in [9.17, 15) is 9.59 Å². The number of aryl methyl sites for hydroxylation is 1. The molecule has 0 radical (unpaired) electrons. The summed E-state index contributed by atoms with van der Waals surface area (Å²) in [5, 5.41) is 12.5. The number of carbonyl (C=O) groups is 1. The van der Waals surface area contributed by atoms with Crippen LogP contribution in [-0.2, 0) is 0 Å². The number of hydrogen-bond acceptors (Lipinski definition) is 4. The van der Waals surface area contributed by atoms with Gasteiger partial charge in [-0.15, -0.1) is 0 Å². The van der Waals surface area contributed by atoms with E-state index in [0.29, 0.717) is 5.69 Å². The molecular weight excluding hydrogens is 222 g/mol.